The van der Waals surface area contributed by atoms with Gasteiger partial charge >= 0.3 is 0 Å². The number of nitrogens with zero attached hydrogens (tertiary/aromatic N) is 1. The Labute approximate surface area is 98.2 Å². The molecule has 0 aliphatic heterocycles. The fourth-order valence-corrected chi connectivity index (χ4v) is 2.20. The number of ketones is 1. The van der Waals surface area contributed by atoms with Crippen molar-refractivity contribution in [2.24, 2.45) is 5.92 Å². The Kier molecular flexibility index (Phi) is 3.19. The number of nitro benzene ring substituents is 1. The van der Waals surface area contributed by atoms with Crippen LogP contribution in [0.4, 0.5) is 5.69 Å². The van der Waals surface area contributed by atoms with E-state index in [1.807, 2.05) is 0 Å². The molecular weight excluding hydrogens is 222 g/mol. The summed E-state index contributed by atoms with van der Waals surface area (Å²) in [6, 6.07) is 5.71. The van der Waals surface area contributed by atoms with Gasteiger partial charge in [0.15, 0.2) is 0 Å². The summed E-state index contributed by atoms with van der Waals surface area (Å²) in [6.45, 7) is 0. The van der Waals surface area contributed by atoms with E-state index in [4.69, 9.17) is 0 Å². The molecule has 1 aromatic rings. The second-order valence-electron chi connectivity index (χ2n) is 4.26. The minimum absolute atomic E-state index is 0.0151. The molecule has 1 fully saturated rings. The Hall–Kier alpha value is -1.75. The highest BCUT2D eigenvalue weighted by Crippen LogP contribution is 2.33. The normalized spacial score (nSPS) is 21.5. The van der Waals surface area contributed by atoms with Crippen molar-refractivity contribution in [3.8, 4) is 0 Å². The van der Waals surface area contributed by atoms with Crippen molar-refractivity contribution < 1.29 is 14.8 Å². The van der Waals surface area contributed by atoms with Crippen LogP contribution in [-0.2, 0) is 4.79 Å². The Morgan fingerprint density at radius 2 is 2.00 bits per heavy atom. The van der Waals surface area contributed by atoms with Crippen LogP contribution in [0, 0.1) is 16.0 Å². The minimum Gasteiger partial charge on any atom is -0.388 e. The molecule has 2 rings (SSSR count). The molecule has 17 heavy (non-hydrogen) atoms. The Balaban J connectivity index is 2.16. The van der Waals surface area contributed by atoms with Crippen LogP contribution in [0.3, 0.4) is 0 Å². The molecule has 1 unspecified atom stereocenters. The summed E-state index contributed by atoms with van der Waals surface area (Å²) >= 11 is 0. The molecular formula is C12H13NO4. The maximum atomic E-state index is 11.5. The molecule has 5 heteroatoms. The van der Waals surface area contributed by atoms with Crippen LogP contribution in [0.1, 0.15) is 30.9 Å². The summed E-state index contributed by atoms with van der Waals surface area (Å²) in [5, 5.41) is 20.5. The van der Waals surface area contributed by atoms with Gasteiger partial charge in [-0.1, -0.05) is 0 Å². The van der Waals surface area contributed by atoms with E-state index in [1.54, 1.807) is 0 Å². The predicted molar refractivity (Wildman–Crippen MR) is 60.4 cm³/mol. The third-order valence-electron chi connectivity index (χ3n) is 3.18. The number of non-ortho nitro benzene ring substituents is 1. The molecule has 1 N–H and O–H groups in total. The molecule has 1 aliphatic carbocycles. The quantitative estimate of drug-likeness (QED) is 0.641. The molecule has 0 spiro atoms. The van der Waals surface area contributed by atoms with Crippen LogP contribution in [-0.4, -0.2) is 15.8 Å². The van der Waals surface area contributed by atoms with E-state index in [2.05, 4.69) is 0 Å². The van der Waals surface area contributed by atoms with Crippen LogP contribution in [0.2, 0.25) is 0 Å². The zero-order valence-electron chi connectivity index (χ0n) is 9.20. The van der Waals surface area contributed by atoms with Crippen molar-refractivity contribution in [2.45, 2.75) is 25.4 Å². The molecule has 5 nitrogen and oxygen atoms in total. The van der Waals surface area contributed by atoms with Crippen molar-refractivity contribution in [2.75, 3.05) is 0 Å². The topological polar surface area (TPSA) is 80.4 Å². The van der Waals surface area contributed by atoms with E-state index in [0.29, 0.717) is 18.4 Å². The largest absolute Gasteiger partial charge is 0.388 e. The Bertz CT molecular complexity index is 440. The van der Waals surface area contributed by atoms with Gasteiger partial charge in [0.2, 0.25) is 0 Å². The number of hydrogen-bond donors (Lipinski definition) is 1. The van der Waals surface area contributed by atoms with Crippen LogP contribution in [0.25, 0.3) is 0 Å². The molecule has 1 aliphatic rings. The first-order chi connectivity index (χ1) is 8.09. The van der Waals surface area contributed by atoms with E-state index in [0.717, 1.165) is 6.42 Å². The molecule has 0 aromatic heterocycles. The Morgan fingerprint density at radius 3 is 2.47 bits per heavy atom. The molecule has 90 valence electrons. The van der Waals surface area contributed by atoms with Gasteiger partial charge in [-0.25, -0.2) is 0 Å². The van der Waals surface area contributed by atoms with E-state index in [-0.39, 0.29) is 17.4 Å². The van der Waals surface area contributed by atoms with Crippen LogP contribution in [0.15, 0.2) is 24.3 Å². The molecule has 1 aromatic carbocycles. The molecule has 0 radical (unpaired) electrons. The van der Waals surface area contributed by atoms with Gasteiger partial charge in [-0.2, -0.15) is 0 Å². The van der Waals surface area contributed by atoms with Crippen LogP contribution in [0.5, 0.6) is 0 Å². The van der Waals surface area contributed by atoms with Crippen LogP contribution >= 0.6 is 0 Å². The second kappa shape index (κ2) is 4.63. The third-order valence-corrected chi connectivity index (χ3v) is 3.18. The molecule has 0 heterocycles. The van der Waals surface area contributed by atoms with Gasteiger partial charge in [0.1, 0.15) is 5.78 Å². The lowest BCUT2D eigenvalue weighted by Gasteiger charge is -2.16. The zero-order chi connectivity index (χ0) is 12.4. The predicted octanol–water partition coefficient (Wildman–Crippen LogP) is 2.00. The van der Waals surface area contributed by atoms with E-state index in [9.17, 15) is 20.0 Å². The number of aliphatic hydroxyl groups is 1. The lowest BCUT2D eigenvalue weighted by atomic mass is 9.93. The first-order valence-corrected chi connectivity index (χ1v) is 5.54. The standard InChI is InChI=1S/C12H13NO4/c14-11-3-1-2-10(11)12(15)8-4-6-9(7-5-8)13(16)17/h4-7,10,12,15H,1-3H2/t10?,12-/m0/s1. The number of carbonyl (C=O) groups excluding carboxylic acids is 1. The monoisotopic (exact) mass is 235 g/mol. The molecule has 1 saturated carbocycles. The van der Waals surface area contributed by atoms with Gasteiger partial charge in [0.05, 0.1) is 11.0 Å². The maximum Gasteiger partial charge on any atom is 0.269 e. The molecule has 0 amide bonds. The number of rotatable bonds is 3. The lowest BCUT2D eigenvalue weighted by Crippen LogP contribution is -2.16. The fraction of sp³-hybridized carbons (Fsp3) is 0.417. The summed E-state index contributed by atoms with van der Waals surface area (Å²) in [6.07, 6.45) is 1.19. The summed E-state index contributed by atoms with van der Waals surface area (Å²) in [5.41, 5.74) is 0.551. The van der Waals surface area contributed by atoms with Gasteiger partial charge in [-0.15, -0.1) is 0 Å². The highest BCUT2D eigenvalue weighted by Gasteiger charge is 2.31. The SMILES string of the molecule is O=C1CCCC1[C@@H](O)c1ccc([N+](=O)[O-])cc1. The molecule has 0 bridgehead atoms. The zero-order valence-corrected chi connectivity index (χ0v) is 9.20. The maximum absolute atomic E-state index is 11.5. The average Bonchev–Trinajstić information content (AvgIpc) is 2.74. The first kappa shape index (κ1) is 11.7. The van der Waals surface area contributed by atoms with Gasteiger partial charge in [-0.3, -0.25) is 14.9 Å². The first-order valence-electron chi connectivity index (χ1n) is 5.54. The number of nitro groups is 1. The summed E-state index contributed by atoms with van der Waals surface area (Å²) in [4.78, 5) is 21.5. The number of hydrogen-bond acceptors (Lipinski definition) is 4. The highest BCUT2D eigenvalue weighted by molar-refractivity contribution is 5.83. The number of benzene rings is 1. The highest BCUT2D eigenvalue weighted by atomic mass is 16.6. The fourth-order valence-electron chi connectivity index (χ4n) is 2.20. The summed E-state index contributed by atoms with van der Waals surface area (Å²) in [7, 11) is 0. The lowest BCUT2D eigenvalue weighted by molar-refractivity contribution is -0.384. The van der Waals surface area contributed by atoms with Crippen molar-refractivity contribution in [3.63, 3.8) is 0 Å². The average molecular weight is 235 g/mol. The molecule has 0 saturated heterocycles. The van der Waals surface area contributed by atoms with Gasteiger partial charge in [0.25, 0.3) is 5.69 Å². The minimum atomic E-state index is -0.842. The third kappa shape index (κ3) is 2.34. The second-order valence-corrected chi connectivity index (χ2v) is 4.26. The van der Waals surface area contributed by atoms with Gasteiger partial charge in [0, 0.05) is 24.5 Å². The Morgan fingerprint density at radius 1 is 1.35 bits per heavy atom. The number of carbonyl (C=O) groups is 1. The summed E-state index contributed by atoms with van der Waals surface area (Å²) in [5.74, 6) is -0.271. The van der Waals surface area contributed by atoms with Crippen LogP contribution < -0.4 is 0 Å². The smallest absolute Gasteiger partial charge is 0.269 e. The van der Waals surface area contributed by atoms with Crippen molar-refractivity contribution in [1.29, 1.82) is 0 Å². The van der Waals surface area contributed by atoms with Crippen molar-refractivity contribution in [1.82, 2.24) is 0 Å². The van der Waals surface area contributed by atoms with E-state index >= 15 is 0 Å². The summed E-state index contributed by atoms with van der Waals surface area (Å²) < 4.78 is 0. The van der Waals surface area contributed by atoms with E-state index < -0.39 is 11.0 Å². The number of aliphatic hydroxyl groups excluding tert-OH is 1. The van der Waals surface area contributed by atoms with Crippen molar-refractivity contribution >= 4 is 11.5 Å². The molecule has 2 atom stereocenters. The van der Waals surface area contributed by atoms with E-state index in [1.165, 1.54) is 24.3 Å². The van der Waals surface area contributed by atoms with Gasteiger partial charge < -0.3 is 5.11 Å². The van der Waals surface area contributed by atoms with Gasteiger partial charge in [-0.05, 0) is 30.5 Å². The van der Waals surface area contributed by atoms with Crippen molar-refractivity contribution in [3.05, 3.63) is 39.9 Å². The number of Topliss-reactive ketones (excluding diaryl/α,β-unsaturated/α-hetero) is 1.